The predicted molar refractivity (Wildman–Crippen MR) is 78.8 cm³/mol. The minimum atomic E-state index is 0.795. The van der Waals surface area contributed by atoms with Gasteiger partial charge in [0.15, 0.2) is 0 Å². The molecule has 94 valence electrons. The molecule has 2 nitrogen and oxygen atoms in total. The topological polar surface area (TPSA) is 20.3 Å². The Hall–Kier alpha value is -2.09. The van der Waals surface area contributed by atoms with Crippen molar-refractivity contribution in [2.75, 3.05) is 19.0 Å². The molecule has 0 atom stereocenters. The molecule has 0 saturated carbocycles. The summed E-state index contributed by atoms with van der Waals surface area (Å²) in [5.41, 5.74) is 3.28. The lowest BCUT2D eigenvalue weighted by molar-refractivity contribution is -0.104. The van der Waals surface area contributed by atoms with Gasteiger partial charge in [-0.15, -0.1) is 0 Å². The van der Waals surface area contributed by atoms with E-state index >= 15 is 0 Å². The quantitative estimate of drug-likeness (QED) is 0.447. The van der Waals surface area contributed by atoms with Crippen LogP contribution in [0.3, 0.4) is 0 Å². The van der Waals surface area contributed by atoms with Crippen LogP contribution in [0.25, 0.3) is 6.08 Å². The van der Waals surface area contributed by atoms with E-state index in [0.29, 0.717) is 0 Å². The summed E-state index contributed by atoms with van der Waals surface area (Å²) in [5.74, 6) is 0. The SMILES string of the molecule is CC(C=CC=Cc1ccc(N(C)C)cc1)=CC=O. The van der Waals surface area contributed by atoms with E-state index in [9.17, 15) is 4.79 Å². The van der Waals surface area contributed by atoms with Gasteiger partial charge in [-0.1, -0.05) is 36.4 Å². The van der Waals surface area contributed by atoms with Crippen molar-refractivity contribution in [1.82, 2.24) is 0 Å². The van der Waals surface area contributed by atoms with E-state index in [1.165, 1.54) is 11.8 Å². The number of benzene rings is 1. The zero-order chi connectivity index (χ0) is 13.4. The van der Waals surface area contributed by atoms with E-state index in [0.717, 1.165) is 17.4 Å². The lowest BCUT2D eigenvalue weighted by atomic mass is 10.2. The molecular weight excluding hydrogens is 222 g/mol. The molecule has 0 heterocycles. The number of hydrogen-bond donors (Lipinski definition) is 0. The largest absolute Gasteiger partial charge is 0.378 e. The summed E-state index contributed by atoms with van der Waals surface area (Å²) in [7, 11) is 4.05. The monoisotopic (exact) mass is 241 g/mol. The molecular formula is C16H19NO. The maximum atomic E-state index is 10.2. The highest BCUT2D eigenvalue weighted by Crippen LogP contribution is 2.13. The molecule has 0 unspecified atom stereocenters. The molecule has 1 aromatic rings. The van der Waals surface area contributed by atoms with Crippen molar-refractivity contribution in [1.29, 1.82) is 0 Å². The van der Waals surface area contributed by atoms with Gasteiger partial charge >= 0.3 is 0 Å². The van der Waals surface area contributed by atoms with E-state index < -0.39 is 0 Å². The van der Waals surface area contributed by atoms with Crippen molar-refractivity contribution < 1.29 is 4.79 Å². The molecule has 0 bridgehead atoms. The molecule has 0 aliphatic carbocycles. The number of aldehydes is 1. The van der Waals surface area contributed by atoms with Crippen molar-refractivity contribution in [2.24, 2.45) is 0 Å². The highest BCUT2D eigenvalue weighted by atomic mass is 16.1. The summed E-state index contributed by atoms with van der Waals surface area (Å²) in [6.45, 7) is 1.89. The molecule has 0 saturated heterocycles. The molecule has 0 radical (unpaired) electrons. The van der Waals surface area contributed by atoms with Crippen molar-refractivity contribution in [3.63, 3.8) is 0 Å². The van der Waals surface area contributed by atoms with Crippen LogP contribution >= 0.6 is 0 Å². The number of allylic oxidation sites excluding steroid dienone is 5. The summed E-state index contributed by atoms with van der Waals surface area (Å²) in [6.07, 6.45) is 10.2. The molecule has 0 N–H and O–H groups in total. The zero-order valence-corrected chi connectivity index (χ0v) is 11.1. The van der Waals surface area contributed by atoms with E-state index in [-0.39, 0.29) is 0 Å². The second-order valence-corrected chi connectivity index (χ2v) is 4.25. The smallest absolute Gasteiger partial charge is 0.143 e. The average molecular weight is 241 g/mol. The molecule has 0 aliphatic rings. The van der Waals surface area contributed by atoms with Crippen LogP contribution in [0.4, 0.5) is 5.69 Å². The molecule has 0 aromatic heterocycles. The van der Waals surface area contributed by atoms with Crippen molar-refractivity contribution in [3.8, 4) is 0 Å². The zero-order valence-electron chi connectivity index (χ0n) is 11.1. The highest BCUT2D eigenvalue weighted by Gasteiger charge is 1.92. The summed E-state index contributed by atoms with van der Waals surface area (Å²) < 4.78 is 0. The first-order valence-electron chi connectivity index (χ1n) is 5.87. The van der Waals surface area contributed by atoms with Gasteiger partial charge in [0.1, 0.15) is 6.29 Å². The third-order valence-corrected chi connectivity index (χ3v) is 2.50. The second kappa shape index (κ2) is 7.28. The van der Waals surface area contributed by atoms with Gasteiger partial charge in [0.2, 0.25) is 0 Å². The predicted octanol–water partition coefficient (Wildman–Crippen LogP) is 3.47. The molecule has 0 spiro atoms. The molecule has 18 heavy (non-hydrogen) atoms. The number of hydrogen-bond acceptors (Lipinski definition) is 2. The molecule has 0 amide bonds. The van der Waals surface area contributed by atoms with Crippen molar-refractivity contribution in [2.45, 2.75) is 6.92 Å². The van der Waals surface area contributed by atoms with Gasteiger partial charge in [0, 0.05) is 19.8 Å². The Morgan fingerprint density at radius 3 is 2.33 bits per heavy atom. The van der Waals surface area contributed by atoms with E-state index in [4.69, 9.17) is 0 Å². The fourth-order valence-corrected chi connectivity index (χ4v) is 1.42. The van der Waals surface area contributed by atoms with Gasteiger partial charge in [-0.3, -0.25) is 4.79 Å². The minimum absolute atomic E-state index is 0.795. The maximum absolute atomic E-state index is 10.2. The Kier molecular flexibility index (Phi) is 5.65. The Balaban J connectivity index is 2.62. The molecule has 0 aliphatic heterocycles. The van der Waals surface area contributed by atoms with Gasteiger partial charge in [-0.05, 0) is 36.3 Å². The van der Waals surface area contributed by atoms with Gasteiger partial charge in [-0.2, -0.15) is 0 Å². The average Bonchev–Trinajstić information content (AvgIpc) is 2.35. The third kappa shape index (κ3) is 4.83. The summed E-state index contributed by atoms with van der Waals surface area (Å²) in [6, 6.07) is 8.32. The van der Waals surface area contributed by atoms with E-state index in [2.05, 4.69) is 29.2 Å². The Morgan fingerprint density at radius 2 is 1.78 bits per heavy atom. The van der Waals surface area contributed by atoms with E-state index in [1.807, 2.05) is 45.3 Å². The summed E-state index contributed by atoms with van der Waals surface area (Å²) in [5, 5.41) is 0. The fourth-order valence-electron chi connectivity index (χ4n) is 1.42. The van der Waals surface area contributed by atoms with Crippen LogP contribution in [0.5, 0.6) is 0 Å². The number of rotatable bonds is 5. The first kappa shape index (κ1) is 14.0. The lowest BCUT2D eigenvalue weighted by Crippen LogP contribution is -2.07. The van der Waals surface area contributed by atoms with E-state index in [1.54, 1.807) is 0 Å². The summed E-state index contributed by atoms with van der Waals surface area (Å²) >= 11 is 0. The molecule has 1 rings (SSSR count). The minimum Gasteiger partial charge on any atom is -0.378 e. The van der Waals surface area contributed by atoms with Gasteiger partial charge in [-0.25, -0.2) is 0 Å². The first-order chi connectivity index (χ1) is 8.63. The van der Waals surface area contributed by atoms with Gasteiger partial charge in [0.05, 0.1) is 0 Å². The first-order valence-corrected chi connectivity index (χ1v) is 5.87. The van der Waals surface area contributed by atoms with Gasteiger partial charge in [0.25, 0.3) is 0 Å². The second-order valence-electron chi connectivity index (χ2n) is 4.25. The van der Waals surface area contributed by atoms with Crippen LogP contribution in [0.15, 0.2) is 54.1 Å². The van der Waals surface area contributed by atoms with Crippen LogP contribution in [0.2, 0.25) is 0 Å². The van der Waals surface area contributed by atoms with Crippen molar-refractivity contribution >= 4 is 18.0 Å². The number of carbonyl (C=O) groups excluding carboxylic acids is 1. The summed E-state index contributed by atoms with van der Waals surface area (Å²) in [4.78, 5) is 12.3. The highest BCUT2D eigenvalue weighted by molar-refractivity contribution is 5.67. The molecule has 0 fully saturated rings. The standard InChI is InChI=1S/C16H19NO/c1-14(12-13-18)6-4-5-7-15-8-10-16(11-9-15)17(2)3/h4-13H,1-3H3. The van der Waals surface area contributed by atoms with Gasteiger partial charge < -0.3 is 4.90 Å². The number of anilines is 1. The van der Waals surface area contributed by atoms with Crippen LogP contribution in [0.1, 0.15) is 12.5 Å². The Bertz CT molecular complexity index is 464. The number of nitrogens with zero attached hydrogens (tertiary/aromatic N) is 1. The fraction of sp³-hybridized carbons (Fsp3) is 0.188. The molecule has 2 heteroatoms. The lowest BCUT2D eigenvalue weighted by Gasteiger charge is -2.11. The van der Waals surface area contributed by atoms with Crippen molar-refractivity contribution in [3.05, 3.63) is 59.7 Å². The van der Waals surface area contributed by atoms with Crippen LogP contribution in [-0.2, 0) is 4.79 Å². The molecule has 1 aromatic carbocycles. The Morgan fingerprint density at radius 1 is 1.11 bits per heavy atom. The third-order valence-electron chi connectivity index (χ3n) is 2.50. The normalized spacial score (nSPS) is 12.3. The van der Waals surface area contributed by atoms with Crippen LogP contribution in [-0.4, -0.2) is 20.4 Å². The number of carbonyl (C=O) groups is 1. The maximum Gasteiger partial charge on any atom is 0.143 e. The van der Waals surface area contributed by atoms with Crippen LogP contribution < -0.4 is 4.90 Å². The van der Waals surface area contributed by atoms with Crippen LogP contribution in [0, 0.1) is 0 Å². The Labute approximate surface area is 109 Å².